The Bertz CT molecular complexity index is 510. The average molecular weight is 284 g/mol. The van der Waals surface area contributed by atoms with Crippen LogP contribution in [0.15, 0.2) is 24.3 Å². The van der Waals surface area contributed by atoms with Crippen molar-refractivity contribution < 1.29 is 8.42 Å². The molecule has 5 heteroatoms. The molecule has 0 amide bonds. The Morgan fingerprint density at radius 2 is 1.74 bits per heavy atom. The minimum absolute atomic E-state index is 0.491. The highest BCUT2D eigenvalue weighted by molar-refractivity contribution is 7.88. The number of nitrogens with one attached hydrogen (secondary N) is 2. The highest BCUT2D eigenvalue weighted by Gasteiger charge is 2.21. The van der Waals surface area contributed by atoms with Crippen molar-refractivity contribution in [3.05, 3.63) is 35.4 Å². The number of hydrogen-bond acceptors (Lipinski definition) is 3. The molecular weight excluding hydrogens is 260 g/mol. The maximum atomic E-state index is 11.2. The lowest BCUT2D eigenvalue weighted by molar-refractivity contribution is 0.420. The molecule has 0 aliphatic rings. The minimum atomic E-state index is -3.18. The van der Waals surface area contributed by atoms with Gasteiger partial charge in [0.05, 0.1) is 6.26 Å². The Balaban J connectivity index is 2.54. The fourth-order valence-electron chi connectivity index (χ4n) is 2.12. The molecule has 0 fully saturated rings. The molecule has 0 spiro atoms. The van der Waals surface area contributed by atoms with Gasteiger partial charge in [-0.3, -0.25) is 0 Å². The van der Waals surface area contributed by atoms with E-state index in [1.807, 2.05) is 26.0 Å². The van der Waals surface area contributed by atoms with Gasteiger partial charge in [-0.1, -0.05) is 31.2 Å². The summed E-state index contributed by atoms with van der Waals surface area (Å²) in [4.78, 5) is 0. The van der Waals surface area contributed by atoms with Crippen molar-refractivity contribution >= 4 is 10.0 Å². The van der Waals surface area contributed by atoms with E-state index in [4.69, 9.17) is 0 Å². The molecule has 0 heterocycles. The highest BCUT2D eigenvalue weighted by atomic mass is 32.2. The second-order valence-corrected chi connectivity index (χ2v) is 7.23. The first-order valence-electron chi connectivity index (χ1n) is 6.50. The van der Waals surface area contributed by atoms with Crippen LogP contribution in [-0.4, -0.2) is 26.8 Å². The van der Waals surface area contributed by atoms with Crippen molar-refractivity contribution in [1.82, 2.24) is 10.0 Å². The van der Waals surface area contributed by atoms with Crippen LogP contribution in [0, 0.1) is 0 Å². The molecule has 4 nitrogen and oxygen atoms in total. The van der Waals surface area contributed by atoms with Crippen LogP contribution >= 0.6 is 0 Å². The first kappa shape index (κ1) is 16.1. The van der Waals surface area contributed by atoms with E-state index in [1.165, 1.54) is 17.4 Å². The monoisotopic (exact) mass is 284 g/mol. The van der Waals surface area contributed by atoms with Crippen LogP contribution in [0.25, 0.3) is 0 Å². The Morgan fingerprint density at radius 3 is 2.26 bits per heavy atom. The zero-order chi connectivity index (χ0) is 14.5. The molecule has 1 rings (SSSR count). The lowest BCUT2D eigenvalue weighted by Crippen LogP contribution is -2.49. The molecule has 108 valence electrons. The van der Waals surface area contributed by atoms with E-state index in [9.17, 15) is 8.42 Å². The molecule has 0 unspecified atom stereocenters. The van der Waals surface area contributed by atoms with E-state index in [0.717, 1.165) is 13.0 Å². The summed E-state index contributed by atoms with van der Waals surface area (Å²) in [5, 5.41) is 3.31. The third-order valence-electron chi connectivity index (χ3n) is 2.84. The van der Waals surface area contributed by atoms with Gasteiger partial charge in [0, 0.05) is 18.6 Å². The first-order chi connectivity index (χ1) is 8.73. The summed E-state index contributed by atoms with van der Waals surface area (Å²) in [6.45, 7) is 7.20. The van der Waals surface area contributed by atoms with Crippen molar-refractivity contribution in [2.45, 2.75) is 39.3 Å². The molecule has 0 radical (unpaired) electrons. The van der Waals surface area contributed by atoms with Crippen molar-refractivity contribution in [2.24, 2.45) is 0 Å². The summed E-state index contributed by atoms with van der Waals surface area (Å²) in [5.74, 6) is 0. The van der Waals surface area contributed by atoms with Crippen molar-refractivity contribution in [2.75, 3.05) is 12.8 Å². The van der Waals surface area contributed by atoms with Gasteiger partial charge in [0.1, 0.15) is 0 Å². The third-order valence-corrected chi connectivity index (χ3v) is 3.77. The zero-order valence-corrected chi connectivity index (χ0v) is 13.0. The summed E-state index contributed by atoms with van der Waals surface area (Å²) >= 11 is 0. The molecule has 0 saturated heterocycles. The lowest BCUT2D eigenvalue weighted by atomic mass is 10.0. The van der Waals surface area contributed by atoms with Crippen LogP contribution in [0.5, 0.6) is 0 Å². The van der Waals surface area contributed by atoms with Gasteiger partial charge < -0.3 is 5.32 Å². The van der Waals surface area contributed by atoms with Crippen molar-refractivity contribution in [3.8, 4) is 0 Å². The third kappa shape index (κ3) is 6.18. The van der Waals surface area contributed by atoms with Gasteiger partial charge in [0.15, 0.2) is 0 Å². The largest absolute Gasteiger partial charge is 0.311 e. The molecule has 0 bridgehead atoms. The van der Waals surface area contributed by atoms with Gasteiger partial charge in [-0.15, -0.1) is 0 Å². The topological polar surface area (TPSA) is 58.2 Å². The van der Waals surface area contributed by atoms with Gasteiger partial charge in [-0.2, -0.15) is 0 Å². The van der Waals surface area contributed by atoms with E-state index < -0.39 is 15.6 Å². The van der Waals surface area contributed by atoms with E-state index >= 15 is 0 Å². The second kappa shape index (κ2) is 6.50. The quantitative estimate of drug-likeness (QED) is 0.801. The smallest absolute Gasteiger partial charge is 0.209 e. The number of aryl methyl sites for hydroxylation is 1. The van der Waals surface area contributed by atoms with Crippen LogP contribution in [0.3, 0.4) is 0 Å². The molecular formula is C14H24N2O2S. The van der Waals surface area contributed by atoms with Crippen LogP contribution in [-0.2, 0) is 23.0 Å². The first-order valence-corrected chi connectivity index (χ1v) is 8.39. The van der Waals surface area contributed by atoms with Gasteiger partial charge in [0.2, 0.25) is 10.0 Å². The normalized spacial score (nSPS) is 12.6. The predicted octanol–water partition coefficient (Wildman–Crippen LogP) is 1.67. The van der Waals surface area contributed by atoms with Gasteiger partial charge in [-0.25, -0.2) is 13.1 Å². The molecule has 0 atom stereocenters. The maximum Gasteiger partial charge on any atom is 0.209 e. The fourth-order valence-corrected chi connectivity index (χ4v) is 3.20. The maximum absolute atomic E-state index is 11.2. The van der Waals surface area contributed by atoms with Crippen molar-refractivity contribution in [1.29, 1.82) is 0 Å². The molecule has 0 aliphatic heterocycles. The summed E-state index contributed by atoms with van der Waals surface area (Å²) < 4.78 is 25.1. The lowest BCUT2D eigenvalue weighted by Gasteiger charge is -2.25. The SMILES string of the molecule is CCc1ccccc1CNCC(C)(C)NS(C)(=O)=O. The highest BCUT2D eigenvalue weighted by Crippen LogP contribution is 2.09. The van der Waals surface area contributed by atoms with Gasteiger partial charge >= 0.3 is 0 Å². The molecule has 0 saturated carbocycles. The number of sulfonamides is 1. The minimum Gasteiger partial charge on any atom is -0.311 e. The van der Waals surface area contributed by atoms with Gasteiger partial charge in [0.25, 0.3) is 0 Å². The van der Waals surface area contributed by atoms with Crippen LogP contribution in [0.4, 0.5) is 0 Å². The predicted molar refractivity (Wildman–Crippen MR) is 79.6 cm³/mol. The molecule has 1 aromatic rings. The number of rotatable bonds is 7. The molecule has 19 heavy (non-hydrogen) atoms. The van der Waals surface area contributed by atoms with Gasteiger partial charge in [-0.05, 0) is 31.4 Å². The Morgan fingerprint density at radius 1 is 1.16 bits per heavy atom. The Labute approximate surface area is 116 Å². The standard InChI is InChI=1S/C14H24N2O2S/c1-5-12-8-6-7-9-13(12)10-15-11-14(2,3)16-19(4,17)18/h6-9,15-16H,5,10-11H2,1-4H3. The fraction of sp³-hybridized carbons (Fsp3) is 0.571. The van der Waals surface area contributed by atoms with E-state index in [2.05, 4.69) is 29.1 Å². The van der Waals surface area contributed by atoms with Crippen LogP contribution < -0.4 is 10.0 Å². The molecule has 0 aliphatic carbocycles. The molecule has 1 aromatic carbocycles. The van der Waals surface area contributed by atoms with E-state index in [0.29, 0.717) is 6.54 Å². The van der Waals surface area contributed by atoms with E-state index in [-0.39, 0.29) is 0 Å². The zero-order valence-electron chi connectivity index (χ0n) is 12.2. The van der Waals surface area contributed by atoms with Crippen LogP contribution in [0.1, 0.15) is 31.9 Å². The summed E-state index contributed by atoms with van der Waals surface area (Å²) in [6.07, 6.45) is 2.18. The Kier molecular flexibility index (Phi) is 5.52. The van der Waals surface area contributed by atoms with Crippen LogP contribution in [0.2, 0.25) is 0 Å². The van der Waals surface area contributed by atoms with Crippen molar-refractivity contribution in [3.63, 3.8) is 0 Å². The Hall–Kier alpha value is -0.910. The number of hydrogen-bond donors (Lipinski definition) is 2. The average Bonchev–Trinajstić information content (AvgIpc) is 2.26. The number of benzene rings is 1. The summed E-state index contributed by atoms with van der Waals surface area (Å²) in [5.41, 5.74) is 2.10. The summed E-state index contributed by atoms with van der Waals surface area (Å²) in [6, 6.07) is 8.29. The second-order valence-electron chi connectivity index (χ2n) is 5.48. The molecule has 2 N–H and O–H groups in total. The van der Waals surface area contributed by atoms with E-state index in [1.54, 1.807) is 0 Å². The summed E-state index contributed by atoms with van der Waals surface area (Å²) in [7, 11) is -3.18. The molecule has 0 aromatic heterocycles.